The lowest BCUT2D eigenvalue weighted by Gasteiger charge is -2.21. The number of hydrogen-bond acceptors (Lipinski definition) is 11. The van der Waals surface area contributed by atoms with Crippen LogP contribution in [0.1, 0.15) is 20.1 Å². The smallest absolute Gasteiger partial charge is 0.303 e. The van der Waals surface area contributed by atoms with Gasteiger partial charge in [-0.1, -0.05) is 0 Å². The summed E-state index contributed by atoms with van der Waals surface area (Å²) in [5, 5.41) is 10.5. The van der Waals surface area contributed by atoms with Crippen molar-refractivity contribution in [1.82, 2.24) is 19.5 Å². The number of carbonyl (C=O) groups excluding carboxylic acids is 2. The van der Waals surface area contributed by atoms with Crippen molar-refractivity contribution >= 4 is 29.1 Å². The van der Waals surface area contributed by atoms with Crippen LogP contribution in [0, 0.1) is 0 Å². The van der Waals surface area contributed by atoms with E-state index in [1.54, 1.807) is 0 Å². The second-order valence-corrected chi connectivity index (χ2v) is 5.85. The first-order valence-electron chi connectivity index (χ1n) is 8.00. The van der Waals surface area contributed by atoms with Crippen LogP contribution in [0.4, 0.5) is 5.95 Å². The zero-order valence-electron chi connectivity index (χ0n) is 14.9. The van der Waals surface area contributed by atoms with Crippen molar-refractivity contribution in [1.29, 1.82) is 0 Å². The molecule has 0 bridgehead atoms. The number of nitrogens with zero attached hydrogens (tertiary/aromatic N) is 4. The third-order valence-electron chi connectivity index (χ3n) is 3.94. The summed E-state index contributed by atoms with van der Waals surface area (Å²) in [5.74, 6) is -1.04. The standard InChI is InChI=1S/C15H19N5O7/c1-6(21)25-4-8-10(23)11(26-7(2)22)14(27-8)20-5-17-9-12(20)18-15(16)19-13(9)24-3/h5,8,10-11,14,23H,4H2,1-3H3,(H2,16,18,19)/t8-,10-,11+,14-/m1/s1. The molecule has 4 atom stereocenters. The number of aliphatic hydroxyl groups is 1. The lowest BCUT2D eigenvalue weighted by Crippen LogP contribution is -2.37. The zero-order chi connectivity index (χ0) is 19.7. The number of anilines is 1. The van der Waals surface area contributed by atoms with E-state index in [-0.39, 0.29) is 24.1 Å². The number of imidazole rings is 1. The number of nitrogens with two attached hydrogens (primary N) is 1. The van der Waals surface area contributed by atoms with Gasteiger partial charge in [-0.05, 0) is 0 Å². The predicted octanol–water partition coefficient (Wildman–Crippen LogP) is -0.830. The summed E-state index contributed by atoms with van der Waals surface area (Å²) >= 11 is 0. The van der Waals surface area contributed by atoms with E-state index in [1.165, 1.54) is 31.9 Å². The molecule has 27 heavy (non-hydrogen) atoms. The summed E-state index contributed by atoms with van der Waals surface area (Å²) < 4.78 is 22.5. The molecule has 12 heteroatoms. The topological polar surface area (TPSA) is 161 Å². The third-order valence-corrected chi connectivity index (χ3v) is 3.94. The van der Waals surface area contributed by atoms with Crippen LogP contribution in [0.5, 0.6) is 5.88 Å². The number of carbonyl (C=O) groups is 2. The minimum Gasteiger partial charge on any atom is -0.479 e. The number of aromatic nitrogens is 4. The molecule has 3 heterocycles. The summed E-state index contributed by atoms with van der Waals surface area (Å²) in [6.07, 6.45) is -2.83. The number of nitrogen functional groups attached to an aromatic ring is 1. The van der Waals surface area contributed by atoms with E-state index < -0.39 is 36.5 Å². The van der Waals surface area contributed by atoms with Crippen LogP contribution in [0.25, 0.3) is 11.2 Å². The van der Waals surface area contributed by atoms with Gasteiger partial charge in [0.05, 0.1) is 13.4 Å². The van der Waals surface area contributed by atoms with E-state index >= 15 is 0 Å². The highest BCUT2D eigenvalue weighted by molar-refractivity contribution is 5.77. The number of ether oxygens (including phenoxy) is 4. The van der Waals surface area contributed by atoms with Crippen LogP contribution in [0.2, 0.25) is 0 Å². The van der Waals surface area contributed by atoms with Gasteiger partial charge in [-0.15, -0.1) is 0 Å². The molecule has 12 nitrogen and oxygen atoms in total. The van der Waals surface area contributed by atoms with E-state index in [1.807, 2.05) is 0 Å². The van der Waals surface area contributed by atoms with Crippen molar-refractivity contribution in [2.75, 3.05) is 19.5 Å². The summed E-state index contributed by atoms with van der Waals surface area (Å²) in [5.41, 5.74) is 6.28. The minimum atomic E-state index is -1.24. The molecule has 1 fully saturated rings. The first-order valence-corrected chi connectivity index (χ1v) is 8.00. The van der Waals surface area contributed by atoms with Crippen molar-refractivity contribution in [3.8, 4) is 5.88 Å². The number of methoxy groups -OCH3 is 1. The Hall–Kier alpha value is -2.99. The molecule has 1 aliphatic heterocycles. The van der Waals surface area contributed by atoms with Gasteiger partial charge < -0.3 is 29.8 Å². The Morgan fingerprint density at radius 3 is 2.70 bits per heavy atom. The number of rotatable bonds is 5. The van der Waals surface area contributed by atoms with Crippen LogP contribution < -0.4 is 10.5 Å². The first-order chi connectivity index (χ1) is 12.8. The van der Waals surface area contributed by atoms with Crippen molar-refractivity contribution in [3.63, 3.8) is 0 Å². The van der Waals surface area contributed by atoms with Crippen LogP contribution in [0.3, 0.4) is 0 Å². The van der Waals surface area contributed by atoms with Crippen molar-refractivity contribution in [3.05, 3.63) is 6.33 Å². The highest BCUT2D eigenvalue weighted by Gasteiger charge is 2.48. The second kappa shape index (κ2) is 7.32. The maximum atomic E-state index is 11.5. The SMILES string of the molecule is COc1nc(N)nc2c1ncn2[C@@H]1O[C@H](COC(C)=O)[C@@H](O)[C@@H]1OC(C)=O. The van der Waals surface area contributed by atoms with Gasteiger partial charge in [-0.3, -0.25) is 14.2 Å². The molecular formula is C15H19N5O7. The fourth-order valence-electron chi connectivity index (χ4n) is 2.83. The average molecular weight is 381 g/mol. The van der Waals surface area contributed by atoms with E-state index in [9.17, 15) is 14.7 Å². The molecule has 1 saturated heterocycles. The molecule has 2 aromatic rings. The molecular weight excluding hydrogens is 362 g/mol. The quantitative estimate of drug-likeness (QED) is 0.622. The highest BCUT2D eigenvalue weighted by atomic mass is 16.6. The largest absolute Gasteiger partial charge is 0.479 e. The third kappa shape index (κ3) is 3.61. The molecule has 0 saturated carbocycles. The van der Waals surface area contributed by atoms with Gasteiger partial charge in [-0.2, -0.15) is 9.97 Å². The van der Waals surface area contributed by atoms with Crippen molar-refractivity contribution in [2.24, 2.45) is 0 Å². The predicted molar refractivity (Wildman–Crippen MR) is 88.4 cm³/mol. The Kier molecular flexibility index (Phi) is 5.10. The maximum absolute atomic E-state index is 11.5. The fraction of sp³-hybridized carbons (Fsp3) is 0.533. The molecule has 3 rings (SSSR count). The Balaban J connectivity index is 1.99. The molecule has 0 radical (unpaired) electrons. The Bertz CT molecular complexity index is 870. The van der Waals surface area contributed by atoms with Gasteiger partial charge in [0.25, 0.3) is 0 Å². The summed E-state index contributed by atoms with van der Waals surface area (Å²) in [6.45, 7) is 2.23. The van der Waals surface area contributed by atoms with Gasteiger partial charge >= 0.3 is 11.9 Å². The molecule has 0 unspecified atom stereocenters. The normalized spacial score (nSPS) is 24.7. The van der Waals surface area contributed by atoms with Crippen LogP contribution in [-0.2, 0) is 23.8 Å². The second-order valence-electron chi connectivity index (χ2n) is 5.85. The molecule has 0 aromatic carbocycles. The Labute approximate surface area is 153 Å². The minimum absolute atomic E-state index is 0.0554. The number of aliphatic hydroxyl groups excluding tert-OH is 1. The monoisotopic (exact) mass is 381 g/mol. The van der Waals surface area contributed by atoms with Crippen LogP contribution in [0.15, 0.2) is 6.33 Å². The van der Waals surface area contributed by atoms with E-state index in [0.717, 1.165) is 0 Å². The zero-order valence-corrected chi connectivity index (χ0v) is 14.9. The Morgan fingerprint density at radius 2 is 2.07 bits per heavy atom. The molecule has 3 N–H and O–H groups in total. The van der Waals surface area contributed by atoms with Crippen LogP contribution >= 0.6 is 0 Å². The number of esters is 2. The average Bonchev–Trinajstić information content (AvgIpc) is 3.14. The fourth-order valence-corrected chi connectivity index (χ4v) is 2.83. The summed E-state index contributed by atoms with van der Waals surface area (Å²) in [6, 6.07) is 0. The lowest BCUT2D eigenvalue weighted by atomic mass is 10.1. The van der Waals surface area contributed by atoms with Crippen molar-refractivity contribution < 1.29 is 33.6 Å². The number of hydrogen-bond donors (Lipinski definition) is 2. The van der Waals surface area contributed by atoms with Gasteiger partial charge in [0.1, 0.15) is 18.8 Å². The highest BCUT2D eigenvalue weighted by Crippen LogP contribution is 2.35. The molecule has 146 valence electrons. The number of fused-ring (bicyclic) bond motifs is 1. The van der Waals surface area contributed by atoms with Gasteiger partial charge in [0, 0.05) is 13.8 Å². The Morgan fingerprint density at radius 1 is 1.33 bits per heavy atom. The van der Waals surface area contributed by atoms with E-state index in [0.29, 0.717) is 5.52 Å². The molecule has 0 aliphatic carbocycles. The lowest BCUT2D eigenvalue weighted by molar-refractivity contribution is -0.155. The van der Waals surface area contributed by atoms with Gasteiger partial charge in [0.2, 0.25) is 11.8 Å². The molecule has 1 aliphatic rings. The van der Waals surface area contributed by atoms with E-state index in [2.05, 4.69) is 15.0 Å². The van der Waals surface area contributed by atoms with Gasteiger partial charge in [-0.25, -0.2) is 4.98 Å². The first kappa shape index (κ1) is 18.8. The summed E-state index contributed by atoms with van der Waals surface area (Å²) in [4.78, 5) is 34.8. The summed E-state index contributed by atoms with van der Waals surface area (Å²) in [7, 11) is 1.41. The molecule has 0 amide bonds. The van der Waals surface area contributed by atoms with Gasteiger partial charge in [0.15, 0.2) is 23.5 Å². The maximum Gasteiger partial charge on any atom is 0.303 e. The van der Waals surface area contributed by atoms with Crippen LogP contribution in [-0.4, -0.2) is 68.6 Å². The van der Waals surface area contributed by atoms with Crippen molar-refractivity contribution in [2.45, 2.75) is 38.4 Å². The van der Waals surface area contributed by atoms with E-state index in [4.69, 9.17) is 24.7 Å². The molecule has 0 spiro atoms. The molecule has 2 aromatic heterocycles.